The maximum Gasteiger partial charge on any atom is 0.158 e. The monoisotopic (exact) mass is 394 g/mol. The van der Waals surface area contributed by atoms with Crippen LogP contribution in [0.1, 0.15) is 44.5 Å². The summed E-state index contributed by atoms with van der Waals surface area (Å²) >= 11 is 0. The van der Waals surface area contributed by atoms with Crippen molar-refractivity contribution in [3.8, 4) is 11.1 Å². The summed E-state index contributed by atoms with van der Waals surface area (Å²) in [6, 6.07) is 8.46. The minimum atomic E-state index is 0.761. The first-order chi connectivity index (χ1) is 14.7. The Morgan fingerprint density at radius 1 is 0.933 bits per heavy atom. The van der Waals surface area contributed by atoms with E-state index < -0.39 is 0 Å². The van der Waals surface area contributed by atoms with Crippen molar-refractivity contribution in [2.75, 3.05) is 0 Å². The van der Waals surface area contributed by atoms with Crippen LogP contribution in [0.25, 0.3) is 16.7 Å². The Kier molecular flexibility index (Phi) is 7.91. The van der Waals surface area contributed by atoms with Crippen molar-refractivity contribution in [2.45, 2.75) is 40.0 Å². The lowest BCUT2D eigenvalue weighted by atomic mass is 10.1. The summed E-state index contributed by atoms with van der Waals surface area (Å²) in [6.45, 7) is 6.27. The van der Waals surface area contributed by atoms with Crippen LogP contribution in [0.5, 0.6) is 0 Å². The summed E-state index contributed by atoms with van der Waals surface area (Å²) in [4.78, 5) is 9.35. The molecule has 1 aromatic carbocycles. The normalized spacial score (nSPS) is 14.8. The van der Waals surface area contributed by atoms with Gasteiger partial charge in [-0.1, -0.05) is 97.0 Å². The highest BCUT2D eigenvalue weighted by atomic mass is 14.9. The van der Waals surface area contributed by atoms with Gasteiger partial charge in [-0.25, -0.2) is 9.97 Å². The molecular weight excluding hydrogens is 364 g/mol. The predicted molar refractivity (Wildman–Crippen MR) is 129 cm³/mol. The van der Waals surface area contributed by atoms with E-state index in [9.17, 15) is 0 Å². The molecule has 0 spiro atoms. The quantitative estimate of drug-likeness (QED) is 0.323. The average molecular weight is 395 g/mol. The van der Waals surface area contributed by atoms with Crippen LogP contribution in [0.4, 0.5) is 0 Å². The zero-order valence-corrected chi connectivity index (χ0v) is 18.2. The van der Waals surface area contributed by atoms with E-state index in [-0.39, 0.29) is 0 Å². The smallest absolute Gasteiger partial charge is 0.158 e. The molecular formula is C28H30N2. The molecule has 0 saturated heterocycles. The Bertz CT molecular complexity index is 1010. The van der Waals surface area contributed by atoms with Gasteiger partial charge >= 0.3 is 0 Å². The molecule has 0 saturated carbocycles. The molecule has 0 N–H and O–H groups in total. The summed E-state index contributed by atoms with van der Waals surface area (Å²) in [5.41, 5.74) is 7.14. The minimum absolute atomic E-state index is 0.761. The van der Waals surface area contributed by atoms with Crippen LogP contribution in [-0.2, 0) is 0 Å². The maximum atomic E-state index is 4.68. The van der Waals surface area contributed by atoms with Crippen molar-refractivity contribution in [3.05, 3.63) is 114 Å². The maximum absolute atomic E-state index is 4.68. The van der Waals surface area contributed by atoms with E-state index in [1.54, 1.807) is 0 Å². The van der Waals surface area contributed by atoms with Crippen LogP contribution in [0, 0.1) is 6.92 Å². The molecule has 0 atom stereocenters. The van der Waals surface area contributed by atoms with E-state index in [2.05, 4.69) is 90.6 Å². The van der Waals surface area contributed by atoms with Crippen molar-refractivity contribution in [2.24, 2.45) is 0 Å². The highest BCUT2D eigenvalue weighted by Crippen LogP contribution is 2.26. The van der Waals surface area contributed by atoms with Gasteiger partial charge in [-0.3, -0.25) is 0 Å². The van der Waals surface area contributed by atoms with Gasteiger partial charge in [0.1, 0.15) is 0 Å². The van der Waals surface area contributed by atoms with Gasteiger partial charge in [-0.2, -0.15) is 0 Å². The molecule has 2 heteroatoms. The van der Waals surface area contributed by atoms with Crippen molar-refractivity contribution >= 4 is 5.57 Å². The number of aryl methyl sites for hydroxylation is 1. The first-order valence-electron chi connectivity index (χ1n) is 10.6. The third-order valence-electron chi connectivity index (χ3n) is 4.86. The number of nitrogens with zero attached hydrogens (tertiary/aromatic N) is 2. The lowest BCUT2D eigenvalue weighted by Gasteiger charge is -2.05. The zero-order chi connectivity index (χ0) is 21.2. The Balaban J connectivity index is 1.84. The van der Waals surface area contributed by atoms with Crippen molar-refractivity contribution in [1.82, 2.24) is 9.97 Å². The minimum Gasteiger partial charge on any atom is -0.236 e. The molecule has 3 rings (SSSR count). The van der Waals surface area contributed by atoms with Gasteiger partial charge in [0.25, 0.3) is 0 Å². The Hall–Kier alpha value is -3.26. The van der Waals surface area contributed by atoms with Crippen LogP contribution < -0.4 is 0 Å². The Morgan fingerprint density at radius 3 is 2.30 bits per heavy atom. The van der Waals surface area contributed by atoms with Gasteiger partial charge in [0.05, 0.1) is 0 Å². The van der Waals surface area contributed by atoms with Gasteiger partial charge in [0, 0.05) is 23.5 Å². The van der Waals surface area contributed by atoms with Gasteiger partial charge in [-0.15, -0.1) is 0 Å². The van der Waals surface area contributed by atoms with E-state index >= 15 is 0 Å². The number of allylic oxidation sites excluding steroid dienone is 12. The third kappa shape index (κ3) is 6.66. The highest BCUT2D eigenvalue weighted by molar-refractivity contribution is 5.72. The molecule has 30 heavy (non-hydrogen) atoms. The van der Waals surface area contributed by atoms with E-state index in [0.29, 0.717) is 0 Å². The molecule has 0 fully saturated rings. The summed E-state index contributed by atoms with van der Waals surface area (Å²) in [7, 11) is 0. The highest BCUT2D eigenvalue weighted by Gasteiger charge is 2.08. The van der Waals surface area contributed by atoms with Crippen LogP contribution in [0.2, 0.25) is 0 Å². The van der Waals surface area contributed by atoms with Gasteiger partial charge in [0.15, 0.2) is 5.82 Å². The third-order valence-corrected chi connectivity index (χ3v) is 4.86. The fourth-order valence-corrected chi connectivity index (χ4v) is 2.98. The zero-order valence-electron chi connectivity index (χ0n) is 18.2. The Labute approximate surface area is 180 Å². The second kappa shape index (κ2) is 11.1. The van der Waals surface area contributed by atoms with Gasteiger partial charge in [-0.05, 0) is 44.2 Å². The van der Waals surface area contributed by atoms with Crippen LogP contribution >= 0.6 is 0 Å². The van der Waals surface area contributed by atoms with Crippen molar-refractivity contribution < 1.29 is 0 Å². The largest absolute Gasteiger partial charge is 0.236 e. The topological polar surface area (TPSA) is 25.8 Å². The number of aromatic nitrogens is 2. The molecule has 0 radical (unpaired) electrons. The van der Waals surface area contributed by atoms with Gasteiger partial charge in [0.2, 0.25) is 0 Å². The SMILES string of the molecule is C\C=C/C=C\C(=C\CC)\C=C\C(=C/CC1=CC1)c1ncc(-c2ccc(C)cc2)cn1. The lowest BCUT2D eigenvalue weighted by Crippen LogP contribution is -1.93. The molecule has 0 aliphatic heterocycles. The van der Waals surface area contributed by atoms with Crippen LogP contribution in [0.3, 0.4) is 0 Å². The van der Waals surface area contributed by atoms with E-state index in [1.807, 2.05) is 31.5 Å². The van der Waals surface area contributed by atoms with Crippen LogP contribution in [0.15, 0.2) is 102 Å². The van der Waals surface area contributed by atoms with Gasteiger partial charge < -0.3 is 0 Å². The molecule has 1 aliphatic rings. The molecule has 2 aromatic rings. The lowest BCUT2D eigenvalue weighted by molar-refractivity contribution is 1.12. The molecule has 1 aromatic heterocycles. The summed E-state index contributed by atoms with van der Waals surface area (Å²) < 4.78 is 0. The Morgan fingerprint density at radius 2 is 1.67 bits per heavy atom. The van der Waals surface area contributed by atoms with E-state index in [0.717, 1.165) is 41.8 Å². The summed E-state index contributed by atoms with van der Waals surface area (Å²) in [5.74, 6) is 0.761. The number of rotatable bonds is 9. The number of hydrogen-bond donors (Lipinski definition) is 0. The molecule has 1 aliphatic carbocycles. The fourth-order valence-electron chi connectivity index (χ4n) is 2.98. The first-order valence-corrected chi connectivity index (χ1v) is 10.6. The van der Waals surface area contributed by atoms with Crippen molar-refractivity contribution in [1.29, 1.82) is 0 Å². The van der Waals surface area contributed by atoms with Crippen LogP contribution in [-0.4, -0.2) is 9.97 Å². The predicted octanol–water partition coefficient (Wildman–Crippen LogP) is 7.58. The van der Waals surface area contributed by atoms with E-state index in [4.69, 9.17) is 0 Å². The van der Waals surface area contributed by atoms with E-state index in [1.165, 1.54) is 16.7 Å². The molecule has 1 heterocycles. The fraction of sp³-hybridized carbons (Fsp3) is 0.214. The molecule has 2 nitrogen and oxygen atoms in total. The number of benzene rings is 1. The number of hydrogen-bond acceptors (Lipinski definition) is 2. The average Bonchev–Trinajstić information content (AvgIpc) is 3.59. The molecule has 0 unspecified atom stereocenters. The second-order valence-corrected chi connectivity index (χ2v) is 7.42. The molecule has 0 bridgehead atoms. The second-order valence-electron chi connectivity index (χ2n) is 7.42. The van der Waals surface area contributed by atoms with Crippen molar-refractivity contribution in [3.63, 3.8) is 0 Å². The molecule has 0 amide bonds. The summed E-state index contributed by atoms with van der Waals surface area (Å²) in [5, 5.41) is 0. The standard InChI is InChI=1S/C28H30N2/c1-4-6-7-9-23(8-5-2)14-18-26(19-15-24-12-13-24)28-29-20-27(21-30-28)25-16-10-22(3)11-17-25/h4,6-12,14,16-21H,5,13,15H2,1-3H3/b6-4-,9-7-,18-14+,23-8-,26-19+. The summed E-state index contributed by atoms with van der Waals surface area (Å²) in [6.07, 6.45) is 26.2. The first kappa shape index (κ1) is 21.4. The molecule has 152 valence electrons.